The molecule has 1 aromatic rings. The molecule has 0 spiro atoms. The highest BCUT2D eigenvalue weighted by molar-refractivity contribution is 7.80. The van der Waals surface area contributed by atoms with Gasteiger partial charge in [-0.1, -0.05) is 12.2 Å². The van der Waals surface area contributed by atoms with Gasteiger partial charge >= 0.3 is 0 Å². The lowest BCUT2D eigenvalue weighted by atomic mass is 10.2. The van der Waals surface area contributed by atoms with Crippen molar-refractivity contribution in [2.45, 2.75) is 18.9 Å². The second-order valence-electron chi connectivity index (χ2n) is 3.58. The van der Waals surface area contributed by atoms with Crippen LogP contribution in [-0.2, 0) is 0 Å². The molecule has 1 aliphatic rings. The van der Waals surface area contributed by atoms with E-state index in [2.05, 4.69) is 9.88 Å². The van der Waals surface area contributed by atoms with Crippen LogP contribution in [-0.4, -0.2) is 23.1 Å². The Bertz CT molecular complexity index is 360. The van der Waals surface area contributed by atoms with Crippen LogP contribution >= 0.6 is 12.2 Å². The maximum Gasteiger partial charge on any atom is 0.138 e. The van der Waals surface area contributed by atoms with E-state index in [1.165, 1.54) is 12.8 Å². The number of anilines is 1. The molecule has 0 saturated heterocycles. The van der Waals surface area contributed by atoms with Gasteiger partial charge in [0.25, 0.3) is 0 Å². The van der Waals surface area contributed by atoms with Crippen molar-refractivity contribution < 1.29 is 0 Å². The van der Waals surface area contributed by atoms with E-state index < -0.39 is 0 Å². The molecule has 4 heteroatoms. The number of pyridine rings is 1. The molecule has 0 unspecified atom stereocenters. The third-order valence-electron chi connectivity index (χ3n) is 2.48. The zero-order chi connectivity index (χ0) is 10.1. The molecule has 2 rings (SSSR count). The molecule has 0 aromatic carbocycles. The first kappa shape index (κ1) is 9.40. The fourth-order valence-electron chi connectivity index (χ4n) is 1.51. The largest absolute Gasteiger partial charge is 0.389 e. The smallest absolute Gasteiger partial charge is 0.138 e. The van der Waals surface area contributed by atoms with Gasteiger partial charge in [-0.15, -0.1) is 0 Å². The highest BCUT2D eigenvalue weighted by atomic mass is 32.1. The van der Waals surface area contributed by atoms with Crippen molar-refractivity contribution in [3.05, 3.63) is 23.9 Å². The molecular weight excluding hydrogens is 194 g/mol. The number of hydrogen-bond donors (Lipinski definition) is 1. The van der Waals surface area contributed by atoms with Gasteiger partial charge in [0.2, 0.25) is 0 Å². The van der Waals surface area contributed by atoms with Gasteiger partial charge in [-0.25, -0.2) is 4.98 Å². The lowest BCUT2D eigenvalue weighted by molar-refractivity contribution is 0.890. The van der Waals surface area contributed by atoms with Gasteiger partial charge in [-0.3, -0.25) is 0 Å². The van der Waals surface area contributed by atoms with E-state index in [9.17, 15) is 0 Å². The summed E-state index contributed by atoms with van der Waals surface area (Å²) in [7, 11) is 2.04. The third-order valence-corrected chi connectivity index (χ3v) is 2.70. The van der Waals surface area contributed by atoms with Gasteiger partial charge in [0, 0.05) is 19.3 Å². The van der Waals surface area contributed by atoms with Crippen molar-refractivity contribution in [1.82, 2.24) is 4.98 Å². The molecule has 3 nitrogen and oxygen atoms in total. The predicted molar refractivity (Wildman–Crippen MR) is 61.5 cm³/mol. The predicted octanol–water partition coefficient (Wildman–Crippen LogP) is 1.31. The number of nitrogens with two attached hydrogens (primary N) is 1. The summed E-state index contributed by atoms with van der Waals surface area (Å²) in [5, 5.41) is 0. The Morgan fingerprint density at radius 3 is 2.93 bits per heavy atom. The lowest BCUT2D eigenvalue weighted by Gasteiger charge is -2.19. The van der Waals surface area contributed by atoms with E-state index in [1.54, 1.807) is 6.20 Å². The van der Waals surface area contributed by atoms with Gasteiger partial charge in [0.15, 0.2) is 0 Å². The Balaban J connectivity index is 2.34. The molecule has 0 radical (unpaired) electrons. The minimum atomic E-state index is 0.417. The van der Waals surface area contributed by atoms with Crippen LogP contribution in [0.3, 0.4) is 0 Å². The van der Waals surface area contributed by atoms with Gasteiger partial charge in [-0.05, 0) is 25.0 Å². The Labute approximate surface area is 88.9 Å². The Morgan fingerprint density at radius 1 is 1.64 bits per heavy atom. The molecule has 1 heterocycles. The topological polar surface area (TPSA) is 42.2 Å². The van der Waals surface area contributed by atoms with Crippen LogP contribution in [0.2, 0.25) is 0 Å². The van der Waals surface area contributed by atoms with Crippen LogP contribution in [0.15, 0.2) is 18.3 Å². The molecule has 14 heavy (non-hydrogen) atoms. The van der Waals surface area contributed by atoms with Crippen molar-refractivity contribution in [1.29, 1.82) is 0 Å². The van der Waals surface area contributed by atoms with E-state index in [-0.39, 0.29) is 0 Å². The average molecular weight is 207 g/mol. The van der Waals surface area contributed by atoms with Crippen LogP contribution in [0.5, 0.6) is 0 Å². The number of thiocarbonyl (C=S) groups is 1. The van der Waals surface area contributed by atoms with E-state index >= 15 is 0 Å². The Morgan fingerprint density at radius 2 is 2.36 bits per heavy atom. The summed E-state index contributed by atoms with van der Waals surface area (Å²) in [5.41, 5.74) is 6.51. The second-order valence-corrected chi connectivity index (χ2v) is 4.02. The minimum absolute atomic E-state index is 0.417. The van der Waals surface area contributed by atoms with E-state index in [0.29, 0.717) is 11.0 Å². The van der Waals surface area contributed by atoms with E-state index in [1.807, 2.05) is 19.2 Å². The van der Waals surface area contributed by atoms with Gasteiger partial charge in [0.05, 0.1) is 5.56 Å². The molecule has 1 aromatic heterocycles. The lowest BCUT2D eigenvalue weighted by Crippen LogP contribution is -2.24. The Kier molecular flexibility index (Phi) is 2.37. The number of nitrogens with zero attached hydrogens (tertiary/aromatic N) is 2. The number of aromatic nitrogens is 1. The van der Waals surface area contributed by atoms with Gasteiger partial charge in [0.1, 0.15) is 10.8 Å². The molecule has 1 saturated carbocycles. The first-order valence-corrected chi connectivity index (χ1v) is 5.08. The summed E-state index contributed by atoms with van der Waals surface area (Å²) in [5.74, 6) is 0.905. The average Bonchev–Trinajstić information content (AvgIpc) is 3.00. The number of rotatable bonds is 3. The fraction of sp³-hybridized carbons (Fsp3) is 0.400. The summed E-state index contributed by atoms with van der Waals surface area (Å²) in [6.45, 7) is 0. The SMILES string of the molecule is CN(c1ncccc1C(N)=S)C1CC1. The van der Waals surface area contributed by atoms with Gasteiger partial charge in [-0.2, -0.15) is 0 Å². The first-order valence-electron chi connectivity index (χ1n) is 4.68. The molecule has 0 atom stereocenters. The number of hydrogen-bond acceptors (Lipinski definition) is 3. The van der Waals surface area contributed by atoms with Crippen molar-refractivity contribution in [3.8, 4) is 0 Å². The summed E-state index contributed by atoms with van der Waals surface area (Å²) in [6, 6.07) is 4.40. The van der Waals surface area contributed by atoms with Crippen molar-refractivity contribution in [2.24, 2.45) is 5.73 Å². The highest BCUT2D eigenvalue weighted by Gasteiger charge is 2.28. The third kappa shape index (κ3) is 1.70. The zero-order valence-corrected chi connectivity index (χ0v) is 8.92. The molecule has 1 aliphatic carbocycles. The highest BCUT2D eigenvalue weighted by Crippen LogP contribution is 2.30. The van der Waals surface area contributed by atoms with Crippen LogP contribution in [0.1, 0.15) is 18.4 Å². The monoisotopic (exact) mass is 207 g/mol. The fourth-order valence-corrected chi connectivity index (χ4v) is 1.66. The maximum atomic E-state index is 5.64. The summed E-state index contributed by atoms with van der Waals surface area (Å²) >= 11 is 4.99. The summed E-state index contributed by atoms with van der Waals surface area (Å²) in [4.78, 5) is 6.90. The molecule has 74 valence electrons. The van der Waals surface area contributed by atoms with Crippen molar-refractivity contribution in [2.75, 3.05) is 11.9 Å². The standard InChI is InChI=1S/C10H13N3S/c1-13(7-4-5-7)10-8(9(11)14)3-2-6-12-10/h2-3,6-7H,4-5H2,1H3,(H2,11,14). The molecule has 1 fully saturated rings. The molecule has 0 aliphatic heterocycles. The molecular formula is C10H13N3S. The summed E-state index contributed by atoms with van der Waals surface area (Å²) < 4.78 is 0. The zero-order valence-electron chi connectivity index (χ0n) is 8.10. The van der Waals surface area contributed by atoms with E-state index in [0.717, 1.165) is 11.4 Å². The minimum Gasteiger partial charge on any atom is -0.389 e. The van der Waals surface area contributed by atoms with Crippen molar-refractivity contribution >= 4 is 23.0 Å². The summed E-state index contributed by atoms with van der Waals surface area (Å²) in [6.07, 6.45) is 4.25. The van der Waals surface area contributed by atoms with Gasteiger partial charge < -0.3 is 10.6 Å². The second kappa shape index (κ2) is 3.53. The maximum absolute atomic E-state index is 5.64. The molecule has 0 bridgehead atoms. The van der Waals surface area contributed by atoms with E-state index in [4.69, 9.17) is 18.0 Å². The molecule has 2 N–H and O–H groups in total. The van der Waals surface area contributed by atoms with Crippen LogP contribution < -0.4 is 10.6 Å². The Hall–Kier alpha value is -1.16. The normalized spacial score (nSPS) is 15.2. The van der Waals surface area contributed by atoms with Crippen LogP contribution in [0.4, 0.5) is 5.82 Å². The van der Waals surface area contributed by atoms with Crippen LogP contribution in [0, 0.1) is 0 Å². The van der Waals surface area contributed by atoms with Crippen LogP contribution in [0.25, 0.3) is 0 Å². The molecule has 0 amide bonds. The van der Waals surface area contributed by atoms with Crippen molar-refractivity contribution in [3.63, 3.8) is 0 Å². The quantitative estimate of drug-likeness (QED) is 0.759. The first-order chi connectivity index (χ1) is 6.70.